The Morgan fingerprint density at radius 1 is 1.60 bits per heavy atom. The third-order valence-electron chi connectivity index (χ3n) is 0. The first kappa shape index (κ1) is 5.84. The molecule has 0 rings (SSSR count). The molecule has 0 aromatic heterocycles. The molecule has 0 aromatic carbocycles. The third-order valence-corrected chi connectivity index (χ3v) is 0. The van der Waals surface area contributed by atoms with E-state index >= 15 is 0 Å². The summed E-state index contributed by atoms with van der Waals surface area (Å²) in [4.78, 5) is 15.3. The van der Waals surface area contributed by atoms with E-state index in [0.29, 0.717) is 19.3 Å². The van der Waals surface area contributed by atoms with Crippen LogP contribution in [0.2, 0.25) is 0 Å². The van der Waals surface area contributed by atoms with E-state index in [2.05, 4.69) is 0 Å². The van der Waals surface area contributed by atoms with Gasteiger partial charge in [0, 0.05) is 0 Å². The number of hydrogen-bond acceptors (Lipinski definition) is 1. The second kappa shape index (κ2) is 1.52. The van der Waals surface area contributed by atoms with Crippen molar-refractivity contribution in [1.82, 2.24) is 0 Å². The normalized spacial score (nSPS) is 11.6. The molecule has 0 amide bonds. The summed E-state index contributed by atoms with van der Waals surface area (Å²) in [6, 6.07) is 0. The van der Waals surface area contributed by atoms with Crippen LogP contribution < -0.4 is 0 Å². The van der Waals surface area contributed by atoms with Gasteiger partial charge in [0.15, 0.2) is 0 Å². The van der Waals surface area contributed by atoms with E-state index in [-0.39, 0.29) is 0 Å². The van der Waals surface area contributed by atoms with Crippen molar-refractivity contribution in [3.8, 4) is 0 Å². The van der Waals surface area contributed by atoms with Crippen LogP contribution in [0, 0.1) is 0 Å². The molecule has 0 atom stereocenters. The molecule has 0 aliphatic carbocycles. The van der Waals surface area contributed by atoms with Gasteiger partial charge < -0.3 is 0 Å². The molecule has 0 aliphatic heterocycles. The van der Waals surface area contributed by atoms with Gasteiger partial charge in [0.2, 0.25) is 0 Å². The predicted molar refractivity (Wildman–Crippen MR) is 12.0 cm³/mol. The van der Waals surface area contributed by atoms with Crippen molar-refractivity contribution in [1.29, 1.82) is 0 Å². The summed E-state index contributed by atoms with van der Waals surface area (Å²) in [5.74, 6) is 0. The zero-order valence-corrected chi connectivity index (χ0v) is 5.99. The van der Waals surface area contributed by atoms with Gasteiger partial charge in [-0.05, 0) is 0 Å². The van der Waals surface area contributed by atoms with Crippen LogP contribution >= 0.6 is 5.69 Å². The van der Waals surface area contributed by atoms with Crippen molar-refractivity contribution in [3.63, 3.8) is 0 Å². The monoisotopic (exact) mass is 265 g/mol. The van der Waals surface area contributed by atoms with Crippen molar-refractivity contribution >= 4 is 5.69 Å². The van der Waals surface area contributed by atoms with Gasteiger partial charge in [-0.3, -0.25) is 0 Å². The van der Waals surface area contributed by atoms with Crippen LogP contribution in [-0.2, 0) is 23.9 Å². The molecule has 2 N–H and O–H groups in total. The molecule has 0 saturated heterocycles. The van der Waals surface area contributed by atoms with E-state index in [1.807, 2.05) is 0 Å². The number of hydrogen-bond donors (Lipinski definition) is 2. The van der Waals surface area contributed by atoms with Gasteiger partial charge in [0.05, 0.1) is 0 Å². The Morgan fingerprint density at radius 3 is 1.60 bits per heavy atom. The zero-order valence-electron chi connectivity index (χ0n) is 2.16. The molecule has 0 aromatic rings. The second-order valence-electron chi connectivity index (χ2n) is 0.491. The Bertz CT molecular complexity index is 53.0. The van der Waals surface area contributed by atoms with Crippen LogP contribution in [0.4, 0.5) is 0 Å². The Kier molecular flexibility index (Phi) is 1.78. The molecular weight excluding hydrogens is 263 g/mol. The molecule has 0 spiro atoms. The molecule has 0 heterocycles. The summed E-state index contributed by atoms with van der Waals surface area (Å²) < 4.78 is 9.36. The van der Waals surface area contributed by atoms with E-state index in [1.165, 1.54) is 0 Å². The maximum absolute atomic E-state index is 9.36. The summed E-state index contributed by atoms with van der Waals surface area (Å²) in [6.07, 6.45) is 0. The minimum atomic E-state index is -3.56. The van der Waals surface area contributed by atoms with Gasteiger partial charge in [-0.15, -0.1) is 0 Å². The van der Waals surface area contributed by atoms with E-state index in [1.54, 1.807) is 0 Å². The summed E-state index contributed by atoms with van der Waals surface area (Å²) in [5, 5.41) is 0. The molecule has 0 unspecified atom stereocenters. The first-order valence-corrected chi connectivity index (χ1v) is 6.23. The third kappa shape index (κ3) is 55.5. The summed E-state index contributed by atoms with van der Waals surface area (Å²) >= 11 is 0.326. The molecule has 5 heavy (non-hydrogen) atoms. The van der Waals surface area contributed by atoms with Crippen LogP contribution in [0.5, 0.6) is 0 Å². The molecule has 0 fully saturated rings. The predicted octanol–water partition coefficient (Wildman–Crippen LogP) is -0.374. The molecule has 5 heteroatoms. The van der Waals surface area contributed by atoms with Crippen LogP contribution in [-0.4, -0.2) is 9.79 Å². The average molecular weight is 265 g/mol. The van der Waals surface area contributed by atoms with E-state index in [9.17, 15) is 4.57 Å². The molecular formula is H2O3PW. The van der Waals surface area contributed by atoms with Gasteiger partial charge in [-0.1, -0.05) is 0 Å². The van der Waals surface area contributed by atoms with Gasteiger partial charge in [0.1, 0.15) is 0 Å². The van der Waals surface area contributed by atoms with Gasteiger partial charge in [-0.2, -0.15) is 0 Å². The van der Waals surface area contributed by atoms with Gasteiger partial charge >= 0.3 is 39.3 Å². The summed E-state index contributed by atoms with van der Waals surface area (Å²) in [7, 11) is 0. The van der Waals surface area contributed by atoms with Crippen molar-refractivity contribution in [2.45, 2.75) is 0 Å². The molecule has 0 radical (unpaired) electrons. The zero-order chi connectivity index (χ0) is 4.50. The minimum absolute atomic E-state index is 0.326. The SMILES string of the molecule is O=[P](O)(O)[W]. The van der Waals surface area contributed by atoms with E-state index < -0.39 is 5.69 Å². The van der Waals surface area contributed by atoms with Gasteiger partial charge in [0.25, 0.3) is 0 Å². The molecule has 0 saturated carbocycles. The maximum atomic E-state index is 9.36. The Labute approximate surface area is 39.9 Å². The van der Waals surface area contributed by atoms with Crippen LogP contribution in [0.3, 0.4) is 0 Å². The van der Waals surface area contributed by atoms with Crippen LogP contribution in [0.25, 0.3) is 0 Å². The number of rotatable bonds is 0. The van der Waals surface area contributed by atoms with Crippen molar-refractivity contribution in [2.24, 2.45) is 0 Å². The molecule has 0 bridgehead atoms. The molecule has 0 aliphatic rings. The van der Waals surface area contributed by atoms with Crippen molar-refractivity contribution in [2.75, 3.05) is 0 Å². The first-order chi connectivity index (χ1) is 2.00. The fraction of sp³-hybridized carbons (Fsp3) is 0. The van der Waals surface area contributed by atoms with Crippen LogP contribution in [0.1, 0.15) is 0 Å². The average Bonchev–Trinajstić information content (AvgIpc) is 0.722. The van der Waals surface area contributed by atoms with Crippen molar-refractivity contribution in [3.05, 3.63) is 0 Å². The topological polar surface area (TPSA) is 57.5 Å². The standard InChI is InChI=1S/HO3P.W/c1-4(2)3;/h(H-,1,2,3);/q;-1/p+1. The van der Waals surface area contributed by atoms with E-state index in [4.69, 9.17) is 9.79 Å². The van der Waals surface area contributed by atoms with E-state index in [0.717, 1.165) is 0 Å². The Hall–Kier alpha value is 0.838. The molecule has 31 valence electrons. The summed E-state index contributed by atoms with van der Waals surface area (Å²) in [5.41, 5.74) is -3.56. The fourth-order valence-corrected chi connectivity index (χ4v) is 0. The molecule has 3 nitrogen and oxygen atoms in total. The van der Waals surface area contributed by atoms with Crippen molar-refractivity contribution < 1.29 is 33.7 Å². The van der Waals surface area contributed by atoms with Gasteiger partial charge in [-0.25, -0.2) is 0 Å². The summed E-state index contributed by atoms with van der Waals surface area (Å²) in [6.45, 7) is 0. The fourth-order valence-electron chi connectivity index (χ4n) is 0. The Balaban J connectivity index is 3.47. The second-order valence-corrected chi connectivity index (χ2v) is 6.60. The first-order valence-electron chi connectivity index (χ1n) is 0.765. The Morgan fingerprint density at radius 2 is 1.60 bits per heavy atom. The quantitative estimate of drug-likeness (QED) is 0.587. The van der Waals surface area contributed by atoms with Crippen LogP contribution in [0.15, 0.2) is 0 Å².